The molecule has 7 nitrogen and oxygen atoms in total. The molecule has 0 radical (unpaired) electrons. The maximum atomic E-state index is 13.3. The molecule has 35 heavy (non-hydrogen) atoms. The Labute approximate surface area is 214 Å². The van der Waals surface area contributed by atoms with Crippen LogP contribution >= 0.6 is 22.9 Å². The Morgan fingerprint density at radius 2 is 1.94 bits per heavy atom. The number of rotatable bonds is 9. The first-order chi connectivity index (χ1) is 17.0. The van der Waals surface area contributed by atoms with E-state index in [-0.39, 0.29) is 18.4 Å². The van der Waals surface area contributed by atoms with Crippen LogP contribution in [0.1, 0.15) is 25.3 Å². The van der Waals surface area contributed by atoms with E-state index in [1.54, 1.807) is 29.7 Å². The van der Waals surface area contributed by atoms with Gasteiger partial charge in [-0.25, -0.2) is 4.98 Å². The van der Waals surface area contributed by atoms with Gasteiger partial charge in [0.2, 0.25) is 11.8 Å². The lowest BCUT2D eigenvalue weighted by atomic mass is 10.0. The first-order valence-corrected chi connectivity index (χ1v) is 12.8. The van der Waals surface area contributed by atoms with Crippen LogP contribution in [0.25, 0.3) is 11.1 Å². The molecule has 0 N–H and O–H groups in total. The van der Waals surface area contributed by atoms with E-state index in [4.69, 9.17) is 21.1 Å². The van der Waals surface area contributed by atoms with Gasteiger partial charge in [-0.3, -0.25) is 9.59 Å². The van der Waals surface area contributed by atoms with E-state index in [1.165, 1.54) is 11.3 Å². The highest BCUT2D eigenvalue weighted by Gasteiger charge is 2.36. The molecule has 1 fully saturated rings. The summed E-state index contributed by atoms with van der Waals surface area (Å²) in [7, 11) is 1.59. The summed E-state index contributed by atoms with van der Waals surface area (Å²) in [6, 6.07) is 13.1. The molecule has 9 heteroatoms. The first kappa shape index (κ1) is 25.0. The SMILES string of the molecule is CCC[C@H]1C(=O)N(Cc2ccc(-c3ccc(OC)nc3)cc2)CCN1C(=O)COc1csc(Cl)c1. The summed E-state index contributed by atoms with van der Waals surface area (Å²) >= 11 is 7.28. The van der Waals surface area contributed by atoms with Crippen LogP contribution in [0, 0.1) is 0 Å². The summed E-state index contributed by atoms with van der Waals surface area (Å²) in [6.07, 6.45) is 3.20. The second-order valence-corrected chi connectivity index (χ2v) is 9.86. The molecule has 0 aliphatic carbocycles. The predicted octanol–water partition coefficient (Wildman–Crippen LogP) is 4.89. The molecule has 0 saturated carbocycles. The number of aromatic nitrogens is 1. The van der Waals surface area contributed by atoms with E-state index in [0.29, 0.717) is 42.0 Å². The van der Waals surface area contributed by atoms with Crippen LogP contribution in [0.2, 0.25) is 4.34 Å². The van der Waals surface area contributed by atoms with E-state index >= 15 is 0 Å². The molecule has 0 bridgehead atoms. The third-order valence-electron chi connectivity index (χ3n) is 5.98. The number of methoxy groups -OCH3 is 1. The van der Waals surface area contributed by atoms with Crippen molar-refractivity contribution in [2.75, 3.05) is 26.8 Å². The van der Waals surface area contributed by atoms with E-state index in [9.17, 15) is 9.59 Å². The number of halogens is 1. The van der Waals surface area contributed by atoms with Gasteiger partial charge < -0.3 is 19.3 Å². The van der Waals surface area contributed by atoms with Gasteiger partial charge in [-0.2, -0.15) is 0 Å². The Morgan fingerprint density at radius 1 is 1.17 bits per heavy atom. The average Bonchev–Trinajstić information content (AvgIpc) is 3.30. The standard InChI is InChI=1S/C26H28ClN3O4S/c1-3-4-22-26(32)29(11-12-30(22)25(31)16-34-21-13-23(27)35-17-21)15-18-5-7-19(8-6-18)20-9-10-24(33-2)28-14-20/h5-10,13-14,17,22H,3-4,11-12,15-16H2,1-2H3/t22-/m0/s1. The van der Waals surface area contributed by atoms with Crippen molar-refractivity contribution >= 4 is 34.8 Å². The quantitative estimate of drug-likeness (QED) is 0.407. The third-order valence-corrected chi connectivity index (χ3v) is 7.05. The van der Waals surface area contributed by atoms with Gasteiger partial charge >= 0.3 is 0 Å². The van der Waals surface area contributed by atoms with Gasteiger partial charge in [0.25, 0.3) is 5.91 Å². The summed E-state index contributed by atoms with van der Waals surface area (Å²) < 4.78 is 11.3. The van der Waals surface area contributed by atoms with Gasteiger partial charge in [0, 0.05) is 48.9 Å². The highest BCUT2D eigenvalue weighted by atomic mass is 35.5. The van der Waals surface area contributed by atoms with Crippen molar-refractivity contribution in [2.45, 2.75) is 32.4 Å². The van der Waals surface area contributed by atoms with Crippen molar-refractivity contribution in [1.82, 2.24) is 14.8 Å². The molecule has 184 valence electrons. The molecule has 1 saturated heterocycles. The zero-order chi connectivity index (χ0) is 24.8. The molecule has 1 aliphatic heterocycles. The first-order valence-electron chi connectivity index (χ1n) is 11.5. The summed E-state index contributed by atoms with van der Waals surface area (Å²) in [5, 5.41) is 1.76. The minimum absolute atomic E-state index is 0.0199. The highest BCUT2D eigenvalue weighted by molar-refractivity contribution is 7.14. The smallest absolute Gasteiger partial charge is 0.261 e. The topological polar surface area (TPSA) is 72.0 Å². The largest absolute Gasteiger partial charge is 0.483 e. The van der Waals surface area contributed by atoms with Crippen LogP contribution in [0.4, 0.5) is 0 Å². The number of carbonyl (C=O) groups is 2. The van der Waals surface area contributed by atoms with Crippen LogP contribution in [-0.2, 0) is 16.1 Å². The number of ether oxygens (including phenoxy) is 2. The number of pyridine rings is 1. The van der Waals surface area contributed by atoms with Crippen LogP contribution in [0.15, 0.2) is 54.0 Å². The molecule has 1 aliphatic rings. The van der Waals surface area contributed by atoms with Crippen LogP contribution < -0.4 is 9.47 Å². The number of piperazine rings is 1. The molecule has 2 amide bonds. The molecule has 0 unspecified atom stereocenters. The minimum Gasteiger partial charge on any atom is -0.483 e. The second kappa shape index (κ2) is 11.6. The number of carbonyl (C=O) groups excluding carboxylic acids is 2. The normalized spacial score (nSPS) is 15.9. The number of amides is 2. The molecule has 3 heterocycles. The zero-order valence-corrected chi connectivity index (χ0v) is 21.3. The van der Waals surface area contributed by atoms with Crippen LogP contribution in [0.3, 0.4) is 0 Å². The number of benzene rings is 1. The van der Waals surface area contributed by atoms with Gasteiger partial charge in [0.1, 0.15) is 11.8 Å². The molecule has 2 aromatic heterocycles. The lowest BCUT2D eigenvalue weighted by molar-refractivity contribution is -0.153. The molecule has 1 atom stereocenters. The fourth-order valence-corrected chi connectivity index (χ4v) is 4.93. The third kappa shape index (κ3) is 6.13. The molecule has 3 aromatic rings. The van der Waals surface area contributed by atoms with Crippen molar-refractivity contribution in [3.63, 3.8) is 0 Å². The van der Waals surface area contributed by atoms with Gasteiger partial charge in [0.15, 0.2) is 6.61 Å². The maximum absolute atomic E-state index is 13.3. The van der Waals surface area contributed by atoms with Gasteiger partial charge in [-0.1, -0.05) is 49.2 Å². The summed E-state index contributed by atoms with van der Waals surface area (Å²) in [4.78, 5) is 34.0. The van der Waals surface area contributed by atoms with Crippen molar-refractivity contribution < 1.29 is 19.1 Å². The number of thiophene rings is 1. The van der Waals surface area contributed by atoms with Crippen molar-refractivity contribution in [1.29, 1.82) is 0 Å². The fourth-order valence-electron chi connectivity index (χ4n) is 4.14. The Kier molecular flexibility index (Phi) is 8.25. The van der Waals surface area contributed by atoms with Gasteiger partial charge in [-0.15, -0.1) is 11.3 Å². The Morgan fingerprint density at radius 3 is 2.57 bits per heavy atom. The molecule has 0 spiro atoms. The Balaban J connectivity index is 1.38. The number of hydrogen-bond donors (Lipinski definition) is 0. The zero-order valence-electron chi connectivity index (χ0n) is 19.8. The molecule has 4 rings (SSSR count). The van der Waals surface area contributed by atoms with Crippen molar-refractivity contribution in [2.24, 2.45) is 0 Å². The maximum Gasteiger partial charge on any atom is 0.261 e. The van der Waals surface area contributed by atoms with E-state index in [0.717, 1.165) is 23.1 Å². The molecular formula is C26H28ClN3O4S. The van der Waals surface area contributed by atoms with E-state index < -0.39 is 6.04 Å². The van der Waals surface area contributed by atoms with E-state index in [2.05, 4.69) is 4.98 Å². The average molecular weight is 514 g/mol. The second-order valence-electron chi connectivity index (χ2n) is 8.31. The van der Waals surface area contributed by atoms with Crippen molar-refractivity contribution in [3.8, 4) is 22.8 Å². The molecule has 1 aromatic carbocycles. The number of nitrogens with zero attached hydrogens (tertiary/aromatic N) is 3. The van der Waals surface area contributed by atoms with Crippen LogP contribution in [0.5, 0.6) is 11.6 Å². The lowest BCUT2D eigenvalue weighted by Gasteiger charge is -2.40. The Bertz CT molecular complexity index is 1150. The summed E-state index contributed by atoms with van der Waals surface area (Å²) in [5.41, 5.74) is 3.08. The number of hydrogen-bond acceptors (Lipinski definition) is 6. The lowest BCUT2D eigenvalue weighted by Crippen LogP contribution is -2.59. The van der Waals surface area contributed by atoms with Gasteiger partial charge in [-0.05, 0) is 23.6 Å². The molecular weight excluding hydrogens is 486 g/mol. The fraction of sp³-hybridized carbons (Fsp3) is 0.346. The highest BCUT2D eigenvalue weighted by Crippen LogP contribution is 2.26. The monoisotopic (exact) mass is 513 g/mol. The van der Waals surface area contributed by atoms with Gasteiger partial charge in [0.05, 0.1) is 11.4 Å². The van der Waals surface area contributed by atoms with Crippen LogP contribution in [-0.4, -0.2) is 59.4 Å². The summed E-state index contributed by atoms with van der Waals surface area (Å²) in [5.74, 6) is 0.939. The Hall–Kier alpha value is -3.10. The minimum atomic E-state index is -0.472. The van der Waals surface area contributed by atoms with Crippen molar-refractivity contribution in [3.05, 3.63) is 63.9 Å². The summed E-state index contributed by atoms with van der Waals surface area (Å²) in [6.45, 7) is 3.39. The predicted molar refractivity (Wildman–Crippen MR) is 137 cm³/mol. The van der Waals surface area contributed by atoms with E-state index in [1.807, 2.05) is 48.2 Å².